The summed E-state index contributed by atoms with van der Waals surface area (Å²) in [7, 11) is 0. The van der Waals surface area contributed by atoms with Crippen molar-refractivity contribution in [3.05, 3.63) is 195 Å². The fourth-order valence-electron chi connectivity index (χ4n) is 14.5. The standard InChI is InChI=1S/C87H97N5/c1-80(2,3)51-25-33-68-59(41-51)60-42-52(81(4,5)6)26-34-69(60)89(68)76-49-77(90-70-35-27-53(82(7,8)9)43-61(70)62-44-54(83(10,11)12)28-36-71(62)90)79(92-74-39-31-57(86(19,20)21)47-65(74)66-48-58(87(22,23)24)32-40-75(66)92)67(50-88)78(76)91-72-37-29-55(84(13,14)15)45-63(72)64-46-56(85(16,17)18)30-38-73(64)91/h25-27,29-31,33-35,37-39,41-49H,28,36H2,1-24H3. The van der Waals surface area contributed by atoms with Crippen LogP contribution in [-0.2, 0) is 44.3 Å². The summed E-state index contributed by atoms with van der Waals surface area (Å²) in [4.78, 5) is 0. The van der Waals surface area contributed by atoms with E-state index in [-0.39, 0.29) is 43.3 Å². The van der Waals surface area contributed by atoms with Gasteiger partial charge in [0.1, 0.15) is 17.1 Å². The van der Waals surface area contributed by atoms with Crippen LogP contribution in [0, 0.1) is 28.9 Å². The largest absolute Gasteiger partial charge is 0.311 e. The third-order valence-electron chi connectivity index (χ3n) is 20.4. The smallest absolute Gasteiger partial charge is 0.105 e. The molecule has 0 atom stereocenters. The van der Waals surface area contributed by atoms with Crippen LogP contribution in [-0.4, -0.2) is 18.3 Å². The van der Waals surface area contributed by atoms with Crippen molar-refractivity contribution in [1.82, 2.24) is 18.3 Å². The highest BCUT2D eigenvalue weighted by Gasteiger charge is 2.35. The van der Waals surface area contributed by atoms with Crippen molar-refractivity contribution in [3.8, 4) is 28.8 Å². The molecule has 5 heteroatoms. The van der Waals surface area contributed by atoms with Gasteiger partial charge < -0.3 is 13.7 Å². The molecule has 470 valence electrons. The summed E-state index contributed by atoms with van der Waals surface area (Å²) in [5.74, 6) is 0. The molecule has 0 unspecified atom stereocenters. The van der Waals surface area contributed by atoms with Crippen molar-refractivity contribution >= 4 is 82.4 Å². The number of hydrogen-bond acceptors (Lipinski definition) is 1. The Kier molecular flexibility index (Phi) is 13.9. The first-order valence-corrected chi connectivity index (χ1v) is 33.8. The third-order valence-corrected chi connectivity index (χ3v) is 20.4. The SMILES string of the molecule is CC(C)(C)C1=Cc2c(n(-c3cc(-n4c5ccc(C(C)(C)C)cc5c5cc(C(C)(C)C)ccc54)c(-n4c5ccc(C(C)(C)C)cc5c5cc(C(C)(C)C)ccc54)c(C#N)c3-n3c4c#cc(C(C)(C)C)cc4c4cc(C(C)(C)C)ccc43)c3ccc(C(C)(C)C)cc23)CC1. The van der Waals surface area contributed by atoms with Crippen LogP contribution in [0.3, 0.4) is 0 Å². The van der Waals surface area contributed by atoms with E-state index in [9.17, 15) is 5.26 Å². The van der Waals surface area contributed by atoms with Crippen LogP contribution >= 0.6 is 0 Å². The molecule has 12 aromatic rings. The van der Waals surface area contributed by atoms with Gasteiger partial charge in [0, 0.05) is 54.5 Å². The van der Waals surface area contributed by atoms with Crippen molar-refractivity contribution in [2.45, 2.75) is 217 Å². The van der Waals surface area contributed by atoms with Crippen LogP contribution < -0.4 is 0 Å². The van der Waals surface area contributed by atoms with Crippen molar-refractivity contribution in [2.75, 3.05) is 0 Å². The number of benzene rings is 7. The lowest BCUT2D eigenvalue weighted by Crippen LogP contribution is -2.17. The van der Waals surface area contributed by atoms with Gasteiger partial charge >= 0.3 is 0 Å². The highest BCUT2D eigenvalue weighted by atomic mass is 15.1. The van der Waals surface area contributed by atoms with E-state index in [0.29, 0.717) is 5.56 Å². The zero-order valence-electron chi connectivity index (χ0n) is 59.8. The van der Waals surface area contributed by atoms with Crippen molar-refractivity contribution in [2.24, 2.45) is 5.41 Å². The maximum Gasteiger partial charge on any atom is 0.105 e. The van der Waals surface area contributed by atoms with Gasteiger partial charge in [-0.2, -0.15) is 5.26 Å². The van der Waals surface area contributed by atoms with E-state index >= 15 is 0 Å². The lowest BCUT2D eigenvalue weighted by Gasteiger charge is -2.28. The van der Waals surface area contributed by atoms with Crippen LogP contribution in [0.15, 0.2) is 127 Å². The zero-order valence-corrected chi connectivity index (χ0v) is 59.8. The molecule has 0 saturated heterocycles. The molecule has 5 nitrogen and oxygen atoms in total. The van der Waals surface area contributed by atoms with Gasteiger partial charge in [0.05, 0.1) is 55.8 Å². The van der Waals surface area contributed by atoms with Crippen LogP contribution in [0.4, 0.5) is 0 Å². The Morgan fingerprint density at radius 2 is 0.663 bits per heavy atom. The van der Waals surface area contributed by atoms with Crippen molar-refractivity contribution < 1.29 is 0 Å². The molecule has 0 saturated carbocycles. The summed E-state index contributed by atoms with van der Waals surface area (Å²) >= 11 is 0. The van der Waals surface area contributed by atoms with E-state index < -0.39 is 0 Å². The van der Waals surface area contributed by atoms with Crippen LogP contribution in [0.5, 0.6) is 0 Å². The molecule has 8 aromatic carbocycles. The third kappa shape index (κ3) is 10.1. The van der Waals surface area contributed by atoms with E-state index in [0.717, 1.165) is 101 Å². The number of aromatic nitrogens is 4. The molecule has 0 radical (unpaired) electrons. The quantitative estimate of drug-likeness (QED) is 0.173. The topological polar surface area (TPSA) is 43.5 Å². The van der Waals surface area contributed by atoms with Gasteiger partial charge in [-0.1, -0.05) is 220 Å². The summed E-state index contributed by atoms with van der Waals surface area (Å²) in [5.41, 5.74) is 23.1. The van der Waals surface area contributed by atoms with E-state index in [4.69, 9.17) is 0 Å². The molecule has 0 aliphatic heterocycles. The summed E-state index contributed by atoms with van der Waals surface area (Å²) in [5, 5.41) is 21.4. The number of fused-ring (bicyclic) bond motifs is 12. The average molecular weight is 1210 g/mol. The first-order chi connectivity index (χ1) is 42.6. The van der Waals surface area contributed by atoms with Crippen LogP contribution in [0.25, 0.3) is 105 Å². The van der Waals surface area contributed by atoms with E-state index in [2.05, 4.69) is 330 Å². The molecule has 4 heterocycles. The summed E-state index contributed by atoms with van der Waals surface area (Å²) in [6, 6.07) is 58.5. The van der Waals surface area contributed by atoms with Gasteiger partial charge in [-0.3, -0.25) is 4.57 Å². The lowest BCUT2D eigenvalue weighted by molar-refractivity contribution is 0.483. The molecule has 0 bridgehead atoms. The van der Waals surface area contributed by atoms with Gasteiger partial charge in [-0.15, -0.1) is 0 Å². The Hall–Kier alpha value is -8.25. The normalized spacial score (nSPS) is 14.2. The first-order valence-electron chi connectivity index (χ1n) is 33.8. The monoisotopic (exact) mass is 1210 g/mol. The van der Waals surface area contributed by atoms with Gasteiger partial charge in [0.2, 0.25) is 0 Å². The molecule has 0 spiro atoms. The molecule has 0 amide bonds. The number of nitriles is 1. The highest BCUT2D eigenvalue weighted by molar-refractivity contribution is 6.14. The number of nitrogens with zero attached hydrogens (tertiary/aromatic N) is 5. The summed E-state index contributed by atoms with van der Waals surface area (Å²) in [6.07, 6.45) is 4.27. The molecule has 0 N–H and O–H groups in total. The number of hydrogen-bond donors (Lipinski definition) is 0. The Labute approximate surface area is 548 Å². The minimum Gasteiger partial charge on any atom is -0.311 e. The van der Waals surface area contributed by atoms with E-state index in [1.165, 1.54) is 66.4 Å². The van der Waals surface area contributed by atoms with E-state index in [1.54, 1.807) is 0 Å². The second-order valence-corrected chi connectivity index (χ2v) is 35.4. The summed E-state index contributed by atoms with van der Waals surface area (Å²) in [6.45, 7) is 55.5. The zero-order chi connectivity index (χ0) is 66.4. The molecule has 1 aliphatic carbocycles. The Morgan fingerprint density at radius 3 is 1.03 bits per heavy atom. The first kappa shape index (κ1) is 62.6. The van der Waals surface area contributed by atoms with Gasteiger partial charge in [-0.05, 0) is 181 Å². The van der Waals surface area contributed by atoms with Gasteiger partial charge in [-0.25, -0.2) is 0 Å². The molecule has 13 rings (SSSR count). The average Bonchev–Trinajstić information content (AvgIpc) is 1.51. The minimum absolute atomic E-state index is 0.0331. The predicted molar refractivity (Wildman–Crippen MR) is 395 cm³/mol. The molecular weight excluding hydrogens is 1110 g/mol. The number of allylic oxidation sites excluding steroid dienone is 1. The lowest BCUT2D eigenvalue weighted by atomic mass is 9.79. The second kappa shape index (κ2) is 20.4. The Morgan fingerprint density at radius 1 is 0.326 bits per heavy atom. The predicted octanol–water partition coefficient (Wildman–Crippen LogP) is 23.9. The minimum atomic E-state index is -0.202. The van der Waals surface area contributed by atoms with Gasteiger partial charge in [0.25, 0.3) is 0 Å². The second-order valence-electron chi connectivity index (χ2n) is 35.4. The fraction of sp³-hybridized carbons (Fsp3) is 0.391. The molecule has 0 fully saturated rings. The van der Waals surface area contributed by atoms with Crippen molar-refractivity contribution in [1.29, 1.82) is 5.26 Å². The summed E-state index contributed by atoms with van der Waals surface area (Å²) < 4.78 is 10.0. The molecule has 1 aliphatic rings. The maximum atomic E-state index is 13.3. The molecular formula is C87H97N5. The van der Waals surface area contributed by atoms with Gasteiger partial charge in [0.15, 0.2) is 0 Å². The molecule has 92 heavy (non-hydrogen) atoms. The number of rotatable bonds is 4. The van der Waals surface area contributed by atoms with E-state index in [1.807, 2.05) is 0 Å². The Balaban J connectivity index is 1.34. The van der Waals surface area contributed by atoms with Crippen molar-refractivity contribution in [3.63, 3.8) is 0 Å². The fourth-order valence-corrected chi connectivity index (χ4v) is 14.5. The Bertz CT molecular complexity index is 4940. The maximum absolute atomic E-state index is 13.3. The van der Waals surface area contributed by atoms with Crippen LogP contribution in [0.1, 0.15) is 228 Å². The van der Waals surface area contributed by atoms with Crippen LogP contribution in [0.2, 0.25) is 0 Å². The highest BCUT2D eigenvalue weighted by Crippen LogP contribution is 2.50. The molecule has 4 aromatic heterocycles.